The summed E-state index contributed by atoms with van der Waals surface area (Å²) in [6, 6.07) is 0.932. The van der Waals surface area contributed by atoms with E-state index >= 15 is 0 Å². The first-order chi connectivity index (χ1) is 9.55. The smallest absolute Gasteiger partial charge is 0.321 e. The van der Waals surface area contributed by atoms with Crippen molar-refractivity contribution in [1.29, 1.82) is 0 Å². The maximum absolute atomic E-state index is 11.5. The fraction of sp³-hybridized carbons (Fsp3) is 0.455. The van der Waals surface area contributed by atoms with E-state index in [2.05, 4.69) is 20.6 Å². The molecule has 0 aromatic carbocycles. The predicted molar refractivity (Wildman–Crippen MR) is 69.0 cm³/mol. The highest BCUT2D eigenvalue weighted by Crippen LogP contribution is 2.16. The Morgan fingerprint density at radius 2 is 1.85 bits per heavy atom. The van der Waals surface area contributed by atoms with Gasteiger partial charge >= 0.3 is 12.0 Å². The van der Waals surface area contributed by atoms with Crippen LogP contribution in [0.5, 0.6) is 11.8 Å². The van der Waals surface area contributed by atoms with Gasteiger partial charge in [0, 0.05) is 13.0 Å². The van der Waals surface area contributed by atoms with Crippen molar-refractivity contribution < 1.29 is 24.2 Å². The van der Waals surface area contributed by atoms with Gasteiger partial charge in [0.2, 0.25) is 17.7 Å². The molecule has 3 N–H and O–H groups in total. The standard InChI is InChI=1S/C11H16N4O5/c1-19-7-6-8(20-2)14-10(13-7)15-11(18)12-5-3-4-9(16)17/h6H,3-5H2,1-2H3,(H,16,17)(H2,12,13,14,15,18). The van der Waals surface area contributed by atoms with Crippen LogP contribution in [-0.4, -0.2) is 47.8 Å². The predicted octanol–water partition coefficient (Wildman–Crippen LogP) is 0.480. The van der Waals surface area contributed by atoms with Crippen LogP contribution in [-0.2, 0) is 4.79 Å². The van der Waals surface area contributed by atoms with Gasteiger partial charge in [-0.1, -0.05) is 0 Å². The van der Waals surface area contributed by atoms with Crippen LogP contribution in [0.25, 0.3) is 0 Å². The van der Waals surface area contributed by atoms with Crippen LogP contribution in [0.2, 0.25) is 0 Å². The van der Waals surface area contributed by atoms with E-state index in [0.29, 0.717) is 6.42 Å². The fourth-order valence-corrected chi connectivity index (χ4v) is 1.26. The number of carbonyl (C=O) groups is 2. The Kier molecular flexibility index (Phi) is 6.01. The number of carboxylic acids is 1. The zero-order valence-corrected chi connectivity index (χ0v) is 11.2. The minimum atomic E-state index is -0.909. The Morgan fingerprint density at radius 3 is 2.35 bits per heavy atom. The molecule has 1 aromatic rings. The third kappa shape index (κ3) is 5.38. The Hall–Kier alpha value is -2.58. The highest BCUT2D eigenvalue weighted by molar-refractivity contribution is 5.87. The van der Waals surface area contributed by atoms with E-state index < -0.39 is 12.0 Å². The molecule has 9 nitrogen and oxygen atoms in total. The maximum Gasteiger partial charge on any atom is 0.321 e. The van der Waals surface area contributed by atoms with E-state index in [-0.39, 0.29) is 30.7 Å². The third-order valence-electron chi connectivity index (χ3n) is 2.18. The van der Waals surface area contributed by atoms with E-state index in [4.69, 9.17) is 14.6 Å². The van der Waals surface area contributed by atoms with E-state index in [0.717, 1.165) is 0 Å². The number of rotatable bonds is 7. The van der Waals surface area contributed by atoms with Crippen molar-refractivity contribution in [1.82, 2.24) is 15.3 Å². The van der Waals surface area contributed by atoms with Gasteiger partial charge in [-0.25, -0.2) is 4.79 Å². The number of hydrogen-bond donors (Lipinski definition) is 3. The van der Waals surface area contributed by atoms with Crippen molar-refractivity contribution in [3.05, 3.63) is 6.07 Å². The molecular formula is C11H16N4O5. The van der Waals surface area contributed by atoms with Gasteiger partial charge in [0.25, 0.3) is 0 Å². The molecule has 0 aliphatic heterocycles. The molecule has 0 fully saturated rings. The van der Waals surface area contributed by atoms with Gasteiger partial charge in [0.1, 0.15) is 0 Å². The monoisotopic (exact) mass is 284 g/mol. The Labute approximate surface area is 115 Å². The Morgan fingerprint density at radius 1 is 1.25 bits per heavy atom. The molecule has 0 unspecified atom stereocenters. The van der Waals surface area contributed by atoms with E-state index in [1.807, 2.05) is 0 Å². The van der Waals surface area contributed by atoms with Crippen LogP contribution in [0, 0.1) is 0 Å². The molecule has 1 rings (SSSR count). The molecule has 1 heterocycles. The van der Waals surface area contributed by atoms with Gasteiger partial charge in [0.15, 0.2) is 0 Å². The zero-order valence-electron chi connectivity index (χ0n) is 11.2. The number of carbonyl (C=O) groups excluding carboxylic acids is 1. The summed E-state index contributed by atoms with van der Waals surface area (Å²) in [7, 11) is 2.86. The second-order valence-corrected chi connectivity index (χ2v) is 3.65. The summed E-state index contributed by atoms with van der Waals surface area (Å²) < 4.78 is 9.87. The summed E-state index contributed by atoms with van der Waals surface area (Å²) in [6.45, 7) is 0.235. The van der Waals surface area contributed by atoms with Crippen LogP contribution in [0.4, 0.5) is 10.7 Å². The van der Waals surface area contributed by atoms with Crippen molar-refractivity contribution in [3.8, 4) is 11.8 Å². The van der Waals surface area contributed by atoms with Gasteiger partial charge in [-0.3, -0.25) is 10.1 Å². The van der Waals surface area contributed by atoms with Crippen LogP contribution in [0.15, 0.2) is 6.07 Å². The summed E-state index contributed by atoms with van der Waals surface area (Å²) >= 11 is 0. The molecule has 0 saturated heterocycles. The molecule has 110 valence electrons. The first kappa shape index (κ1) is 15.5. The van der Waals surface area contributed by atoms with Gasteiger partial charge in [-0.15, -0.1) is 0 Å². The lowest BCUT2D eigenvalue weighted by molar-refractivity contribution is -0.137. The average molecular weight is 284 g/mol. The van der Waals surface area contributed by atoms with E-state index in [1.54, 1.807) is 0 Å². The number of aromatic nitrogens is 2. The van der Waals surface area contributed by atoms with Crippen molar-refractivity contribution in [2.75, 3.05) is 26.1 Å². The van der Waals surface area contributed by atoms with Gasteiger partial charge in [-0.2, -0.15) is 9.97 Å². The molecule has 0 spiro atoms. The highest BCUT2D eigenvalue weighted by atomic mass is 16.5. The fourth-order valence-electron chi connectivity index (χ4n) is 1.26. The first-order valence-electron chi connectivity index (χ1n) is 5.79. The van der Waals surface area contributed by atoms with Crippen LogP contribution >= 0.6 is 0 Å². The van der Waals surface area contributed by atoms with Gasteiger partial charge in [0.05, 0.1) is 20.3 Å². The molecule has 9 heteroatoms. The summed E-state index contributed by atoms with van der Waals surface area (Å²) in [5, 5.41) is 13.3. The van der Waals surface area contributed by atoms with Crippen LogP contribution < -0.4 is 20.1 Å². The number of urea groups is 1. The van der Waals surface area contributed by atoms with Crippen molar-refractivity contribution in [2.45, 2.75) is 12.8 Å². The summed E-state index contributed by atoms with van der Waals surface area (Å²) in [4.78, 5) is 29.7. The topological polar surface area (TPSA) is 123 Å². The van der Waals surface area contributed by atoms with Gasteiger partial charge < -0.3 is 19.9 Å². The molecule has 0 aliphatic carbocycles. The number of hydrogen-bond acceptors (Lipinski definition) is 6. The number of nitrogens with zero attached hydrogens (tertiary/aromatic N) is 2. The maximum atomic E-state index is 11.5. The minimum absolute atomic E-state index is 0.0102. The number of anilines is 1. The van der Waals surface area contributed by atoms with E-state index in [1.165, 1.54) is 20.3 Å². The molecule has 2 amide bonds. The Balaban J connectivity index is 2.50. The average Bonchev–Trinajstić information content (AvgIpc) is 2.42. The lowest BCUT2D eigenvalue weighted by atomic mass is 10.3. The third-order valence-corrected chi connectivity index (χ3v) is 2.18. The van der Waals surface area contributed by atoms with Crippen molar-refractivity contribution >= 4 is 17.9 Å². The molecule has 0 atom stereocenters. The molecule has 1 aromatic heterocycles. The number of nitrogens with one attached hydrogen (secondary N) is 2. The van der Waals surface area contributed by atoms with Gasteiger partial charge in [-0.05, 0) is 6.42 Å². The minimum Gasteiger partial charge on any atom is -0.481 e. The second-order valence-electron chi connectivity index (χ2n) is 3.65. The SMILES string of the molecule is COc1cc(OC)nc(NC(=O)NCCCC(=O)O)n1. The Bertz CT molecular complexity index is 458. The lowest BCUT2D eigenvalue weighted by Gasteiger charge is -2.08. The molecular weight excluding hydrogens is 268 g/mol. The molecule has 0 bridgehead atoms. The lowest BCUT2D eigenvalue weighted by Crippen LogP contribution is -2.30. The molecule has 0 aliphatic rings. The number of methoxy groups -OCH3 is 2. The van der Waals surface area contributed by atoms with E-state index in [9.17, 15) is 9.59 Å². The molecule has 0 saturated carbocycles. The largest absolute Gasteiger partial charge is 0.481 e. The second kappa shape index (κ2) is 7.77. The van der Waals surface area contributed by atoms with Crippen molar-refractivity contribution in [3.63, 3.8) is 0 Å². The van der Waals surface area contributed by atoms with Crippen molar-refractivity contribution in [2.24, 2.45) is 0 Å². The number of aliphatic carboxylic acids is 1. The molecule has 20 heavy (non-hydrogen) atoms. The zero-order chi connectivity index (χ0) is 15.0. The number of carboxylic acid groups (broad SMARTS) is 1. The highest BCUT2D eigenvalue weighted by Gasteiger charge is 2.08. The normalized spacial score (nSPS) is 9.70. The first-order valence-corrected chi connectivity index (χ1v) is 5.79. The number of ether oxygens (including phenoxy) is 2. The van der Waals surface area contributed by atoms with Crippen LogP contribution in [0.1, 0.15) is 12.8 Å². The quantitative estimate of drug-likeness (QED) is 0.622. The number of amides is 2. The van der Waals surface area contributed by atoms with Crippen LogP contribution in [0.3, 0.4) is 0 Å². The summed E-state index contributed by atoms with van der Waals surface area (Å²) in [5.41, 5.74) is 0. The molecule has 0 radical (unpaired) electrons. The summed E-state index contributed by atoms with van der Waals surface area (Å²) in [5.74, 6) is -0.388. The summed E-state index contributed by atoms with van der Waals surface area (Å²) in [6.07, 6.45) is 0.328.